The molecule has 122 valence electrons. The number of nitrogens with one attached hydrogen (secondary N) is 1. The van der Waals surface area contributed by atoms with E-state index in [1.165, 1.54) is 0 Å². The van der Waals surface area contributed by atoms with Crippen LogP contribution in [0.4, 0.5) is 0 Å². The molecule has 0 aliphatic carbocycles. The summed E-state index contributed by atoms with van der Waals surface area (Å²) in [5.74, 6) is 0.785. The molecule has 0 fully saturated rings. The number of para-hydroxylation sites is 1. The van der Waals surface area contributed by atoms with Gasteiger partial charge in [-0.05, 0) is 19.9 Å². The molecule has 0 aromatic heterocycles. The number of benzene rings is 1. The van der Waals surface area contributed by atoms with Gasteiger partial charge in [-0.1, -0.05) is 18.2 Å². The standard InChI is InChI=1S/C15H22N4O2.HI/c1-15(2,13(16)20)9-18-14(17)19-11-7-8-21-12-6-4-3-5-10(11)12;/h3-6,11H,7-9H2,1-2H3,(H2,16,20)(H3,17,18,19);1H. The number of hydrogen-bond donors (Lipinski definition) is 3. The third-order valence-electron chi connectivity index (χ3n) is 3.59. The molecule has 1 aromatic carbocycles. The molecule has 1 aromatic rings. The van der Waals surface area contributed by atoms with Gasteiger partial charge in [-0.3, -0.25) is 9.79 Å². The first kappa shape index (κ1) is 18.5. The van der Waals surface area contributed by atoms with Crippen molar-refractivity contribution in [1.82, 2.24) is 5.32 Å². The molecule has 6 nitrogen and oxygen atoms in total. The number of carbonyl (C=O) groups is 1. The minimum Gasteiger partial charge on any atom is -0.493 e. The van der Waals surface area contributed by atoms with Gasteiger partial charge in [-0.25, -0.2) is 0 Å². The van der Waals surface area contributed by atoms with Crippen LogP contribution in [0.2, 0.25) is 0 Å². The molecule has 1 aliphatic rings. The molecular formula is C15H23IN4O2. The number of halogens is 1. The average molecular weight is 418 g/mol. The van der Waals surface area contributed by atoms with Gasteiger partial charge in [0.2, 0.25) is 5.91 Å². The minimum absolute atomic E-state index is 0. The first-order valence-electron chi connectivity index (χ1n) is 6.98. The van der Waals surface area contributed by atoms with E-state index < -0.39 is 11.3 Å². The Hall–Kier alpha value is -1.51. The summed E-state index contributed by atoms with van der Waals surface area (Å²) in [6, 6.07) is 7.91. The first-order valence-corrected chi connectivity index (χ1v) is 6.98. The van der Waals surface area contributed by atoms with Crippen molar-refractivity contribution in [3.63, 3.8) is 0 Å². The molecule has 1 amide bonds. The Morgan fingerprint density at radius 2 is 2.09 bits per heavy atom. The highest BCUT2D eigenvalue weighted by Crippen LogP contribution is 2.31. The van der Waals surface area contributed by atoms with E-state index in [0.29, 0.717) is 12.6 Å². The number of nitrogens with two attached hydrogens (primary N) is 2. The molecule has 5 N–H and O–H groups in total. The van der Waals surface area contributed by atoms with Crippen molar-refractivity contribution in [1.29, 1.82) is 0 Å². The zero-order valence-corrected chi connectivity index (χ0v) is 15.2. The molecule has 1 unspecified atom stereocenters. The van der Waals surface area contributed by atoms with Gasteiger partial charge in [0.05, 0.1) is 24.6 Å². The van der Waals surface area contributed by atoms with Crippen LogP contribution in [-0.2, 0) is 4.79 Å². The molecule has 0 saturated carbocycles. The minimum atomic E-state index is -0.708. The van der Waals surface area contributed by atoms with E-state index in [1.807, 2.05) is 24.3 Å². The molecule has 0 spiro atoms. The molecular weight excluding hydrogens is 395 g/mol. The van der Waals surface area contributed by atoms with E-state index >= 15 is 0 Å². The van der Waals surface area contributed by atoms with Gasteiger partial charge >= 0.3 is 0 Å². The summed E-state index contributed by atoms with van der Waals surface area (Å²) < 4.78 is 5.60. The van der Waals surface area contributed by atoms with Crippen LogP contribution in [0.25, 0.3) is 0 Å². The summed E-state index contributed by atoms with van der Waals surface area (Å²) in [6.07, 6.45) is 0.812. The number of hydrogen-bond acceptors (Lipinski definition) is 3. The van der Waals surface area contributed by atoms with Crippen LogP contribution in [0.15, 0.2) is 29.3 Å². The third kappa shape index (κ3) is 4.49. The van der Waals surface area contributed by atoms with Gasteiger partial charge in [-0.2, -0.15) is 0 Å². The van der Waals surface area contributed by atoms with E-state index in [4.69, 9.17) is 16.2 Å². The number of primary amides is 1. The van der Waals surface area contributed by atoms with Gasteiger partial charge in [0.15, 0.2) is 5.96 Å². The highest BCUT2D eigenvalue weighted by molar-refractivity contribution is 14.0. The van der Waals surface area contributed by atoms with Crippen LogP contribution in [-0.4, -0.2) is 25.0 Å². The lowest BCUT2D eigenvalue weighted by Crippen LogP contribution is -2.39. The smallest absolute Gasteiger partial charge is 0.224 e. The molecule has 0 radical (unpaired) electrons. The van der Waals surface area contributed by atoms with Crippen molar-refractivity contribution < 1.29 is 9.53 Å². The van der Waals surface area contributed by atoms with Gasteiger partial charge in [0, 0.05) is 12.0 Å². The number of aliphatic imine (C=N–C) groups is 1. The fraction of sp³-hybridized carbons (Fsp3) is 0.467. The Morgan fingerprint density at radius 3 is 2.77 bits per heavy atom. The van der Waals surface area contributed by atoms with Crippen LogP contribution in [0.5, 0.6) is 5.75 Å². The van der Waals surface area contributed by atoms with Crippen molar-refractivity contribution in [2.24, 2.45) is 21.9 Å². The summed E-state index contributed by atoms with van der Waals surface area (Å²) in [6.45, 7) is 4.38. The molecule has 0 saturated heterocycles. The lowest BCUT2D eigenvalue weighted by atomic mass is 9.93. The summed E-state index contributed by atoms with van der Waals surface area (Å²) >= 11 is 0. The lowest BCUT2D eigenvalue weighted by molar-refractivity contribution is -0.125. The second-order valence-corrected chi connectivity index (χ2v) is 5.82. The van der Waals surface area contributed by atoms with Crippen molar-refractivity contribution in [3.8, 4) is 5.75 Å². The number of fused-ring (bicyclic) bond motifs is 1. The molecule has 2 rings (SSSR count). The predicted molar refractivity (Wildman–Crippen MR) is 97.3 cm³/mol. The highest BCUT2D eigenvalue weighted by Gasteiger charge is 2.25. The summed E-state index contributed by atoms with van der Waals surface area (Å²) in [5, 5.41) is 3.18. The van der Waals surface area contributed by atoms with Crippen molar-refractivity contribution in [2.45, 2.75) is 26.3 Å². The second-order valence-electron chi connectivity index (χ2n) is 5.82. The molecule has 0 bridgehead atoms. The number of rotatable bonds is 4. The maximum absolute atomic E-state index is 11.3. The molecule has 1 atom stereocenters. The summed E-state index contributed by atoms with van der Waals surface area (Å²) in [5.41, 5.74) is 11.6. The average Bonchev–Trinajstić information content (AvgIpc) is 2.45. The quantitative estimate of drug-likeness (QED) is 0.392. The van der Waals surface area contributed by atoms with Crippen LogP contribution in [0.1, 0.15) is 31.9 Å². The Labute approximate surface area is 147 Å². The maximum atomic E-state index is 11.3. The van der Waals surface area contributed by atoms with Gasteiger partial charge in [0.25, 0.3) is 0 Å². The van der Waals surface area contributed by atoms with E-state index in [9.17, 15) is 4.79 Å². The fourth-order valence-electron chi connectivity index (χ4n) is 2.08. The normalized spacial score (nSPS) is 17.7. The monoisotopic (exact) mass is 418 g/mol. The van der Waals surface area contributed by atoms with Gasteiger partial charge in [-0.15, -0.1) is 24.0 Å². The van der Waals surface area contributed by atoms with Crippen LogP contribution in [0.3, 0.4) is 0 Å². The number of carbonyl (C=O) groups excluding carboxylic acids is 1. The van der Waals surface area contributed by atoms with Crippen LogP contribution >= 0.6 is 24.0 Å². The van der Waals surface area contributed by atoms with Crippen LogP contribution in [0, 0.1) is 5.41 Å². The molecule has 1 heterocycles. The largest absolute Gasteiger partial charge is 0.493 e. The fourth-order valence-corrected chi connectivity index (χ4v) is 2.08. The Morgan fingerprint density at radius 1 is 1.41 bits per heavy atom. The van der Waals surface area contributed by atoms with E-state index in [2.05, 4.69) is 10.3 Å². The lowest BCUT2D eigenvalue weighted by Gasteiger charge is -2.27. The number of nitrogens with zero attached hydrogens (tertiary/aromatic N) is 1. The molecule has 7 heteroatoms. The van der Waals surface area contributed by atoms with Crippen molar-refractivity contribution in [3.05, 3.63) is 29.8 Å². The van der Waals surface area contributed by atoms with Gasteiger partial charge < -0.3 is 21.5 Å². The number of amides is 1. The zero-order valence-electron chi connectivity index (χ0n) is 12.8. The van der Waals surface area contributed by atoms with Crippen molar-refractivity contribution in [2.75, 3.05) is 13.2 Å². The number of guanidine groups is 1. The second kappa shape index (κ2) is 7.66. The van der Waals surface area contributed by atoms with E-state index in [-0.39, 0.29) is 36.6 Å². The highest BCUT2D eigenvalue weighted by atomic mass is 127. The maximum Gasteiger partial charge on any atom is 0.224 e. The van der Waals surface area contributed by atoms with E-state index in [0.717, 1.165) is 17.7 Å². The van der Waals surface area contributed by atoms with Gasteiger partial charge in [0.1, 0.15) is 5.75 Å². The Kier molecular flexibility index (Phi) is 6.46. The van der Waals surface area contributed by atoms with Crippen molar-refractivity contribution >= 4 is 35.8 Å². The first-order chi connectivity index (χ1) is 9.90. The third-order valence-corrected chi connectivity index (χ3v) is 3.59. The van der Waals surface area contributed by atoms with Crippen LogP contribution < -0.4 is 21.5 Å². The summed E-state index contributed by atoms with van der Waals surface area (Å²) in [4.78, 5) is 15.5. The SMILES string of the molecule is CC(C)(CN=C(N)NC1CCOc2ccccc21)C(N)=O.I. The Bertz CT molecular complexity index is 560. The molecule has 22 heavy (non-hydrogen) atoms. The molecule has 1 aliphatic heterocycles. The zero-order chi connectivity index (χ0) is 15.5. The topological polar surface area (TPSA) is 103 Å². The Balaban J connectivity index is 0.00000242. The predicted octanol–water partition coefficient (Wildman–Crippen LogP) is 1.54. The summed E-state index contributed by atoms with van der Waals surface area (Å²) in [7, 11) is 0. The van der Waals surface area contributed by atoms with E-state index in [1.54, 1.807) is 13.8 Å². The number of ether oxygens (including phenoxy) is 1.